The summed E-state index contributed by atoms with van der Waals surface area (Å²) in [6.45, 7) is 3.30. The highest BCUT2D eigenvalue weighted by Gasteiger charge is 2.27. The lowest BCUT2D eigenvalue weighted by atomic mass is 9.91. The van der Waals surface area contributed by atoms with E-state index in [0.717, 1.165) is 31.6 Å². The van der Waals surface area contributed by atoms with Crippen LogP contribution in [0.5, 0.6) is 0 Å². The van der Waals surface area contributed by atoms with E-state index in [4.69, 9.17) is 0 Å². The molecule has 1 amide bonds. The number of halogens is 2. The quantitative estimate of drug-likeness (QED) is 0.435. The molecular weight excluding hydrogens is 437 g/mol. The summed E-state index contributed by atoms with van der Waals surface area (Å²) < 4.78 is 15.6. The fourth-order valence-electron chi connectivity index (χ4n) is 3.81. The van der Waals surface area contributed by atoms with Crippen molar-refractivity contribution in [3.05, 3.63) is 81.4 Å². The number of aromatic nitrogens is 2. The van der Waals surface area contributed by atoms with Crippen LogP contribution in [0.4, 0.5) is 15.8 Å². The Balaban J connectivity index is 0.00000289. The van der Waals surface area contributed by atoms with Crippen LogP contribution in [0, 0.1) is 22.9 Å². The van der Waals surface area contributed by atoms with Crippen molar-refractivity contribution in [3.63, 3.8) is 0 Å². The molecule has 0 saturated carbocycles. The van der Waals surface area contributed by atoms with Crippen molar-refractivity contribution in [2.75, 3.05) is 18.4 Å². The molecule has 3 aromatic rings. The van der Waals surface area contributed by atoms with Gasteiger partial charge in [-0.3, -0.25) is 14.9 Å². The summed E-state index contributed by atoms with van der Waals surface area (Å²) in [6.07, 6.45) is 3.16. The molecular formula is C22H23ClFN5O3. The van der Waals surface area contributed by atoms with Crippen molar-refractivity contribution in [1.82, 2.24) is 15.1 Å². The molecule has 4 rings (SSSR count). The number of nitro benzene ring substituents is 1. The first kappa shape index (κ1) is 23.4. The summed E-state index contributed by atoms with van der Waals surface area (Å²) in [7, 11) is 0. The fraction of sp³-hybridized carbons (Fsp3) is 0.273. The predicted octanol–water partition coefficient (Wildman–Crippen LogP) is 4.37. The zero-order chi connectivity index (χ0) is 22.0. The number of non-ortho nitro benzene ring substituents is 1. The first-order chi connectivity index (χ1) is 14.9. The average Bonchev–Trinajstić information content (AvgIpc) is 3.22. The highest BCUT2D eigenvalue weighted by Crippen LogP contribution is 2.31. The van der Waals surface area contributed by atoms with Crippen LogP contribution < -0.4 is 10.6 Å². The van der Waals surface area contributed by atoms with Crippen LogP contribution in [-0.2, 0) is 0 Å². The van der Waals surface area contributed by atoms with Crippen LogP contribution in [-0.4, -0.2) is 33.7 Å². The Bertz CT molecular complexity index is 1130. The van der Waals surface area contributed by atoms with E-state index in [9.17, 15) is 19.3 Å². The van der Waals surface area contributed by atoms with E-state index in [1.54, 1.807) is 35.9 Å². The molecule has 1 aliphatic rings. The van der Waals surface area contributed by atoms with E-state index in [2.05, 4.69) is 15.7 Å². The second-order valence-electron chi connectivity index (χ2n) is 7.57. The largest absolute Gasteiger partial charge is 0.322 e. The van der Waals surface area contributed by atoms with Crippen LogP contribution in [0.3, 0.4) is 0 Å². The molecule has 2 aromatic carbocycles. The lowest BCUT2D eigenvalue weighted by Crippen LogP contribution is -2.29. The normalized spacial score (nSPS) is 13.9. The minimum atomic E-state index is -0.458. The molecule has 8 nitrogen and oxygen atoms in total. The molecule has 1 fully saturated rings. The van der Waals surface area contributed by atoms with Gasteiger partial charge in [0.2, 0.25) is 0 Å². The number of carbonyl (C=O) groups excluding carboxylic acids is 1. The van der Waals surface area contributed by atoms with Crippen molar-refractivity contribution in [1.29, 1.82) is 0 Å². The molecule has 0 bridgehead atoms. The number of carbonyl (C=O) groups is 1. The molecule has 0 aliphatic carbocycles. The molecule has 0 radical (unpaired) electrons. The molecule has 0 atom stereocenters. The number of hydrogen-bond donors (Lipinski definition) is 2. The number of piperidine rings is 1. The first-order valence-electron chi connectivity index (χ1n) is 10.0. The van der Waals surface area contributed by atoms with Gasteiger partial charge in [0.1, 0.15) is 5.82 Å². The highest BCUT2D eigenvalue weighted by atomic mass is 35.5. The van der Waals surface area contributed by atoms with Gasteiger partial charge in [-0.25, -0.2) is 9.07 Å². The van der Waals surface area contributed by atoms with Gasteiger partial charge in [-0.05, 0) is 62.7 Å². The van der Waals surface area contributed by atoms with Crippen LogP contribution >= 0.6 is 12.4 Å². The number of aryl methyl sites for hydroxylation is 1. The molecule has 0 spiro atoms. The Morgan fingerprint density at radius 1 is 1.22 bits per heavy atom. The standard InChI is InChI=1S/C22H22FN5O3.ClH/c1-14-2-3-16(12-20(14)23)26-22(29)19-13-25-27(21(19)15-8-10-24-11-9-15)17-4-6-18(7-5-17)28(30)31;/h2-7,12-13,15,24H,8-11H2,1H3,(H,26,29);1H. The smallest absolute Gasteiger partial charge is 0.269 e. The van der Waals surface area contributed by atoms with E-state index >= 15 is 0 Å². The fourth-order valence-corrected chi connectivity index (χ4v) is 3.81. The van der Waals surface area contributed by atoms with E-state index in [-0.39, 0.29) is 29.9 Å². The molecule has 10 heteroatoms. The monoisotopic (exact) mass is 459 g/mol. The van der Waals surface area contributed by atoms with Gasteiger partial charge < -0.3 is 10.6 Å². The molecule has 0 unspecified atom stereocenters. The number of nitrogens with zero attached hydrogens (tertiary/aromatic N) is 3. The van der Waals surface area contributed by atoms with Crippen molar-refractivity contribution >= 4 is 29.7 Å². The molecule has 2 heterocycles. The number of nitrogens with one attached hydrogen (secondary N) is 2. The zero-order valence-electron chi connectivity index (χ0n) is 17.4. The lowest BCUT2D eigenvalue weighted by molar-refractivity contribution is -0.384. The molecule has 168 valence electrons. The number of hydrogen-bond acceptors (Lipinski definition) is 5. The first-order valence-corrected chi connectivity index (χ1v) is 10.0. The van der Waals surface area contributed by atoms with Gasteiger partial charge in [-0.2, -0.15) is 5.10 Å². The topological polar surface area (TPSA) is 102 Å². The number of rotatable bonds is 5. The molecule has 32 heavy (non-hydrogen) atoms. The van der Waals surface area contributed by atoms with Crippen LogP contribution in [0.15, 0.2) is 48.7 Å². The van der Waals surface area contributed by atoms with Crippen LogP contribution in [0.1, 0.15) is 40.4 Å². The Kier molecular flexibility index (Phi) is 7.22. The maximum absolute atomic E-state index is 13.9. The second-order valence-corrected chi connectivity index (χ2v) is 7.57. The Morgan fingerprint density at radius 3 is 2.53 bits per heavy atom. The summed E-state index contributed by atoms with van der Waals surface area (Å²) in [6, 6.07) is 10.6. The highest BCUT2D eigenvalue weighted by molar-refractivity contribution is 6.05. The minimum absolute atomic E-state index is 0. The molecule has 1 aliphatic heterocycles. The lowest BCUT2D eigenvalue weighted by Gasteiger charge is -2.24. The van der Waals surface area contributed by atoms with E-state index < -0.39 is 10.7 Å². The maximum atomic E-state index is 13.9. The van der Waals surface area contributed by atoms with E-state index in [1.165, 1.54) is 24.4 Å². The van der Waals surface area contributed by atoms with Gasteiger partial charge in [0.25, 0.3) is 11.6 Å². The number of benzene rings is 2. The summed E-state index contributed by atoms with van der Waals surface area (Å²) in [5.74, 6) is -0.669. The SMILES string of the molecule is Cc1ccc(NC(=O)c2cnn(-c3ccc([N+](=O)[O-])cc3)c2C2CCNCC2)cc1F.Cl. The third kappa shape index (κ3) is 4.79. The average molecular weight is 460 g/mol. The van der Waals surface area contributed by atoms with Gasteiger partial charge in [-0.1, -0.05) is 6.07 Å². The van der Waals surface area contributed by atoms with E-state index in [1.807, 2.05) is 0 Å². The Morgan fingerprint density at radius 2 is 1.91 bits per heavy atom. The Labute approximate surface area is 190 Å². The summed E-state index contributed by atoms with van der Waals surface area (Å²) in [4.78, 5) is 23.6. The third-order valence-electron chi connectivity index (χ3n) is 5.51. The van der Waals surface area contributed by atoms with E-state index in [0.29, 0.717) is 22.5 Å². The van der Waals surface area contributed by atoms with Crippen molar-refractivity contribution in [2.45, 2.75) is 25.7 Å². The van der Waals surface area contributed by atoms with Gasteiger partial charge in [0, 0.05) is 23.7 Å². The predicted molar refractivity (Wildman–Crippen MR) is 121 cm³/mol. The second kappa shape index (κ2) is 9.88. The maximum Gasteiger partial charge on any atom is 0.269 e. The minimum Gasteiger partial charge on any atom is -0.322 e. The van der Waals surface area contributed by atoms with Gasteiger partial charge in [0.05, 0.1) is 28.1 Å². The van der Waals surface area contributed by atoms with Crippen LogP contribution in [0.25, 0.3) is 5.69 Å². The molecule has 1 aromatic heterocycles. The Hall–Kier alpha value is -3.30. The number of nitro groups is 1. The van der Waals surface area contributed by atoms with Gasteiger partial charge >= 0.3 is 0 Å². The zero-order valence-corrected chi connectivity index (χ0v) is 18.2. The van der Waals surface area contributed by atoms with Crippen LogP contribution in [0.2, 0.25) is 0 Å². The third-order valence-corrected chi connectivity index (χ3v) is 5.51. The van der Waals surface area contributed by atoms with Gasteiger partial charge in [-0.15, -0.1) is 12.4 Å². The number of anilines is 1. The van der Waals surface area contributed by atoms with Crippen molar-refractivity contribution in [3.8, 4) is 5.69 Å². The summed E-state index contributed by atoms with van der Waals surface area (Å²) in [5, 5.41) is 21.5. The molecule has 2 N–H and O–H groups in total. The summed E-state index contributed by atoms with van der Waals surface area (Å²) >= 11 is 0. The van der Waals surface area contributed by atoms with Gasteiger partial charge in [0.15, 0.2) is 0 Å². The summed E-state index contributed by atoms with van der Waals surface area (Å²) in [5.41, 5.74) is 2.65. The van der Waals surface area contributed by atoms with Crippen molar-refractivity contribution < 1.29 is 14.1 Å². The van der Waals surface area contributed by atoms with Crippen molar-refractivity contribution in [2.24, 2.45) is 0 Å². The number of amides is 1. The molecule has 1 saturated heterocycles.